The van der Waals surface area contributed by atoms with Crippen molar-refractivity contribution in [2.75, 3.05) is 0 Å². The maximum Gasteiger partial charge on any atom is 0.340 e. The van der Waals surface area contributed by atoms with E-state index in [1.54, 1.807) is 6.26 Å². The minimum Gasteiger partial charge on any atom is -0.468 e. The van der Waals surface area contributed by atoms with E-state index in [0.717, 1.165) is 44.3 Å². The average Bonchev–Trinajstić information content (AvgIpc) is 2.94. The molecule has 118 valence electrons. The fourth-order valence-electron chi connectivity index (χ4n) is 3.82. The molecule has 0 unspecified atom stereocenters. The summed E-state index contributed by atoms with van der Waals surface area (Å²) < 4.78 is 17.2. The van der Waals surface area contributed by atoms with Crippen LogP contribution in [0.4, 0.5) is 0 Å². The molecule has 2 heterocycles. The number of rotatable bonds is 2. The third-order valence-electron chi connectivity index (χ3n) is 5.11. The van der Waals surface area contributed by atoms with E-state index in [4.69, 9.17) is 13.9 Å². The molecule has 1 aliphatic heterocycles. The maximum absolute atomic E-state index is 12.3. The number of aryl methyl sites for hydroxylation is 1. The zero-order valence-corrected chi connectivity index (χ0v) is 12.9. The fourth-order valence-corrected chi connectivity index (χ4v) is 3.82. The lowest BCUT2D eigenvalue weighted by atomic mass is 9.91. The molecule has 4 nitrogen and oxygen atoms in total. The highest BCUT2D eigenvalue weighted by atomic mass is 16.7. The molecule has 2 aliphatic carbocycles. The lowest BCUT2D eigenvalue weighted by Crippen LogP contribution is -2.42. The normalized spacial score (nSPS) is 23.5. The Kier molecular flexibility index (Phi) is 3.47. The van der Waals surface area contributed by atoms with Gasteiger partial charge in [0.2, 0.25) is 0 Å². The van der Waals surface area contributed by atoms with Crippen molar-refractivity contribution >= 4 is 5.97 Å². The van der Waals surface area contributed by atoms with Crippen molar-refractivity contribution in [2.24, 2.45) is 0 Å². The molecule has 0 atom stereocenters. The van der Waals surface area contributed by atoms with Crippen LogP contribution in [0, 0.1) is 0 Å². The van der Waals surface area contributed by atoms with E-state index in [9.17, 15) is 4.79 Å². The summed E-state index contributed by atoms with van der Waals surface area (Å²) in [5.74, 6) is -0.0308. The van der Waals surface area contributed by atoms with Crippen molar-refractivity contribution in [3.05, 3.63) is 35.0 Å². The summed E-state index contributed by atoms with van der Waals surface area (Å²) in [6.07, 6.45) is 13.4. The van der Waals surface area contributed by atoms with Gasteiger partial charge in [-0.05, 0) is 49.7 Å². The molecule has 0 saturated heterocycles. The minimum absolute atomic E-state index is 0.242. The van der Waals surface area contributed by atoms with Gasteiger partial charge in [-0.1, -0.05) is 6.42 Å². The average molecular weight is 302 g/mol. The highest BCUT2D eigenvalue weighted by molar-refractivity contribution is 5.89. The first kappa shape index (κ1) is 13.9. The zero-order valence-electron chi connectivity index (χ0n) is 12.9. The number of ether oxygens (including phenoxy) is 2. The number of carbonyl (C=O) groups is 1. The van der Waals surface area contributed by atoms with Gasteiger partial charge >= 0.3 is 5.97 Å². The van der Waals surface area contributed by atoms with Crippen LogP contribution in [0.2, 0.25) is 0 Å². The maximum atomic E-state index is 12.3. The monoisotopic (exact) mass is 302 g/mol. The summed E-state index contributed by atoms with van der Waals surface area (Å²) in [7, 11) is 0. The molecule has 0 aromatic carbocycles. The molecular formula is C18H22O4. The van der Waals surface area contributed by atoms with Crippen molar-refractivity contribution < 1.29 is 18.7 Å². The van der Waals surface area contributed by atoms with Crippen LogP contribution in [0.3, 0.4) is 0 Å². The van der Waals surface area contributed by atoms with Gasteiger partial charge < -0.3 is 13.9 Å². The van der Waals surface area contributed by atoms with Crippen LogP contribution >= 0.6 is 0 Å². The fraction of sp³-hybridized carbons (Fsp3) is 0.611. The molecule has 4 rings (SSSR count). The summed E-state index contributed by atoms with van der Waals surface area (Å²) in [5.41, 5.74) is 3.16. The third kappa shape index (κ3) is 2.44. The van der Waals surface area contributed by atoms with Crippen molar-refractivity contribution in [1.29, 1.82) is 0 Å². The lowest BCUT2D eigenvalue weighted by molar-refractivity contribution is -0.228. The first-order valence-electron chi connectivity index (χ1n) is 8.44. The Balaban J connectivity index is 1.51. The highest BCUT2D eigenvalue weighted by Crippen LogP contribution is 2.37. The van der Waals surface area contributed by atoms with Crippen LogP contribution in [0.1, 0.15) is 61.8 Å². The molecule has 3 aliphatic rings. The van der Waals surface area contributed by atoms with Gasteiger partial charge in [0, 0.05) is 19.3 Å². The van der Waals surface area contributed by atoms with E-state index in [0.29, 0.717) is 12.0 Å². The van der Waals surface area contributed by atoms with Gasteiger partial charge in [0.1, 0.15) is 5.76 Å². The predicted molar refractivity (Wildman–Crippen MR) is 80.1 cm³/mol. The first-order chi connectivity index (χ1) is 10.8. The smallest absolute Gasteiger partial charge is 0.340 e. The van der Waals surface area contributed by atoms with Crippen LogP contribution < -0.4 is 0 Å². The van der Waals surface area contributed by atoms with E-state index in [2.05, 4.69) is 0 Å². The summed E-state index contributed by atoms with van der Waals surface area (Å²) in [5, 5.41) is 0. The van der Waals surface area contributed by atoms with Crippen LogP contribution in [0.25, 0.3) is 0 Å². The quantitative estimate of drug-likeness (QED) is 0.779. The summed E-state index contributed by atoms with van der Waals surface area (Å²) in [6.45, 7) is 0. The molecule has 0 bridgehead atoms. The molecule has 22 heavy (non-hydrogen) atoms. The molecule has 1 fully saturated rings. The standard InChI is InChI=1S/C18H22O4/c19-17-14(12-21-18(22-17)8-4-1-5-9-18)10-16-15-7-3-2-6-13(15)11-20-16/h11-12H,1-10H2. The Morgan fingerprint density at radius 3 is 2.68 bits per heavy atom. The molecule has 0 radical (unpaired) electrons. The van der Waals surface area contributed by atoms with Gasteiger partial charge in [-0.15, -0.1) is 0 Å². The SMILES string of the molecule is O=C1OC2(CCCCC2)OC=C1Cc1occ2c1CCCC2. The van der Waals surface area contributed by atoms with E-state index < -0.39 is 5.79 Å². The van der Waals surface area contributed by atoms with Gasteiger partial charge in [-0.3, -0.25) is 0 Å². The Morgan fingerprint density at radius 1 is 1.05 bits per heavy atom. The van der Waals surface area contributed by atoms with Crippen LogP contribution in [0.15, 0.2) is 22.5 Å². The van der Waals surface area contributed by atoms with E-state index >= 15 is 0 Å². The number of fused-ring (bicyclic) bond motifs is 1. The number of hydrogen-bond donors (Lipinski definition) is 0. The van der Waals surface area contributed by atoms with E-state index in [1.165, 1.54) is 30.4 Å². The molecule has 1 aromatic rings. The molecule has 4 heteroatoms. The number of esters is 1. The Morgan fingerprint density at radius 2 is 1.86 bits per heavy atom. The number of furan rings is 1. The molecule has 1 aromatic heterocycles. The second-order valence-corrected chi connectivity index (χ2v) is 6.67. The summed E-state index contributed by atoms with van der Waals surface area (Å²) in [4.78, 5) is 12.3. The summed E-state index contributed by atoms with van der Waals surface area (Å²) in [6, 6.07) is 0. The highest BCUT2D eigenvalue weighted by Gasteiger charge is 2.41. The lowest BCUT2D eigenvalue weighted by Gasteiger charge is -2.38. The van der Waals surface area contributed by atoms with E-state index in [-0.39, 0.29) is 5.97 Å². The summed E-state index contributed by atoms with van der Waals surface area (Å²) >= 11 is 0. The van der Waals surface area contributed by atoms with Gasteiger partial charge in [-0.25, -0.2) is 4.79 Å². The molecular weight excluding hydrogens is 280 g/mol. The Hall–Kier alpha value is -1.71. The minimum atomic E-state index is -0.693. The Labute approximate surface area is 130 Å². The molecule has 0 amide bonds. The number of hydrogen-bond acceptors (Lipinski definition) is 4. The predicted octanol–water partition coefficient (Wildman–Crippen LogP) is 3.82. The van der Waals surface area contributed by atoms with Gasteiger partial charge in [0.15, 0.2) is 0 Å². The van der Waals surface area contributed by atoms with Gasteiger partial charge in [0.05, 0.1) is 18.1 Å². The molecule has 1 spiro atoms. The van der Waals surface area contributed by atoms with Gasteiger partial charge in [0.25, 0.3) is 5.79 Å². The third-order valence-corrected chi connectivity index (χ3v) is 5.11. The zero-order chi connectivity index (χ0) is 15.0. The second kappa shape index (κ2) is 5.49. The van der Waals surface area contributed by atoms with Crippen LogP contribution in [-0.2, 0) is 33.5 Å². The van der Waals surface area contributed by atoms with E-state index in [1.807, 2.05) is 6.26 Å². The largest absolute Gasteiger partial charge is 0.468 e. The van der Waals surface area contributed by atoms with Gasteiger partial charge in [-0.2, -0.15) is 0 Å². The van der Waals surface area contributed by atoms with Crippen molar-refractivity contribution in [2.45, 2.75) is 70.0 Å². The van der Waals surface area contributed by atoms with Crippen molar-refractivity contribution in [1.82, 2.24) is 0 Å². The first-order valence-corrected chi connectivity index (χ1v) is 8.44. The second-order valence-electron chi connectivity index (χ2n) is 6.67. The number of carbonyl (C=O) groups excluding carboxylic acids is 1. The molecule has 1 saturated carbocycles. The van der Waals surface area contributed by atoms with Crippen LogP contribution in [0.5, 0.6) is 0 Å². The Bertz CT molecular complexity index is 605. The molecule has 0 N–H and O–H groups in total. The topological polar surface area (TPSA) is 48.7 Å². The van der Waals surface area contributed by atoms with Crippen molar-refractivity contribution in [3.63, 3.8) is 0 Å². The van der Waals surface area contributed by atoms with Crippen LogP contribution in [-0.4, -0.2) is 11.8 Å². The van der Waals surface area contributed by atoms with Crippen molar-refractivity contribution in [3.8, 4) is 0 Å².